The number of hydrogen-bond donors (Lipinski definition) is 2. The van der Waals surface area contributed by atoms with E-state index in [0.29, 0.717) is 22.2 Å². The zero-order valence-corrected chi connectivity index (χ0v) is 14.7. The third-order valence-corrected chi connectivity index (χ3v) is 4.86. The summed E-state index contributed by atoms with van der Waals surface area (Å²) < 4.78 is 10.8. The van der Waals surface area contributed by atoms with E-state index < -0.39 is 12.1 Å². The second kappa shape index (κ2) is 7.09. The predicted molar refractivity (Wildman–Crippen MR) is 92.4 cm³/mol. The van der Waals surface area contributed by atoms with Crippen LogP contribution >= 0.6 is 11.6 Å². The Morgan fingerprint density at radius 1 is 1.35 bits per heavy atom. The number of halogens is 1. The predicted octanol–water partition coefficient (Wildman–Crippen LogP) is 2.08. The lowest BCUT2D eigenvalue weighted by molar-refractivity contribution is -0.148. The topological polar surface area (TPSA) is 93.5 Å². The molecule has 0 bridgehead atoms. The molecule has 2 heterocycles. The number of amides is 2. The van der Waals surface area contributed by atoms with Crippen molar-refractivity contribution in [1.82, 2.24) is 15.8 Å². The molecule has 1 saturated carbocycles. The van der Waals surface area contributed by atoms with E-state index in [1.54, 1.807) is 24.3 Å². The highest BCUT2D eigenvalue weighted by molar-refractivity contribution is 6.31. The summed E-state index contributed by atoms with van der Waals surface area (Å²) in [7, 11) is 0. The van der Waals surface area contributed by atoms with E-state index in [-0.39, 0.29) is 25.0 Å². The summed E-state index contributed by atoms with van der Waals surface area (Å²) in [4.78, 5) is 24.4. The van der Waals surface area contributed by atoms with Crippen LogP contribution in [0.3, 0.4) is 0 Å². The van der Waals surface area contributed by atoms with Crippen molar-refractivity contribution in [1.29, 1.82) is 0 Å². The lowest BCUT2D eigenvalue weighted by atomic mass is 9.99. The Bertz CT molecular complexity index is 833. The van der Waals surface area contributed by atoms with Gasteiger partial charge in [0.05, 0.1) is 12.6 Å². The van der Waals surface area contributed by atoms with Gasteiger partial charge in [0.25, 0.3) is 5.91 Å². The van der Waals surface area contributed by atoms with Crippen LogP contribution in [-0.2, 0) is 20.9 Å². The van der Waals surface area contributed by atoms with Gasteiger partial charge < -0.3 is 19.9 Å². The number of carbonyl (C=O) groups is 2. The summed E-state index contributed by atoms with van der Waals surface area (Å²) in [6.45, 7) is 0.0624. The Kier molecular flexibility index (Phi) is 4.65. The molecule has 0 unspecified atom stereocenters. The van der Waals surface area contributed by atoms with E-state index in [9.17, 15) is 9.59 Å². The molecule has 2 aromatic rings. The summed E-state index contributed by atoms with van der Waals surface area (Å²) in [6.07, 6.45) is 1.37. The number of nitrogens with one attached hydrogen (secondary N) is 2. The third kappa shape index (κ3) is 3.59. The Labute approximate surface area is 155 Å². The monoisotopic (exact) mass is 375 g/mol. The molecule has 2 N–H and O–H groups in total. The summed E-state index contributed by atoms with van der Waals surface area (Å²) >= 11 is 6.23. The second-order valence-electron chi connectivity index (χ2n) is 6.51. The van der Waals surface area contributed by atoms with Crippen molar-refractivity contribution in [3.8, 4) is 0 Å². The van der Waals surface area contributed by atoms with Crippen molar-refractivity contribution >= 4 is 23.4 Å². The standard InChI is InChI=1S/C18H18ClN3O4/c19-13-4-2-1-3-12(13)16-17(25-9-15(23)21-16)18(24)20-8-11-7-14(26-22-11)10-5-6-10/h1-4,7,10,16-17H,5-6,8-9H2,(H,20,24)(H,21,23)/t16-,17+/m1/s1. The number of ether oxygens (including phenoxy) is 1. The van der Waals surface area contributed by atoms with E-state index in [0.717, 1.165) is 18.6 Å². The largest absolute Gasteiger partial charge is 0.361 e. The Morgan fingerprint density at radius 3 is 2.92 bits per heavy atom. The van der Waals surface area contributed by atoms with E-state index in [1.165, 1.54) is 0 Å². The fraction of sp³-hybridized carbons (Fsp3) is 0.389. The zero-order chi connectivity index (χ0) is 18.1. The van der Waals surface area contributed by atoms with Crippen LogP contribution in [0.2, 0.25) is 5.02 Å². The first kappa shape index (κ1) is 17.1. The number of benzene rings is 1. The maximum Gasteiger partial charge on any atom is 0.251 e. The van der Waals surface area contributed by atoms with Crippen LogP contribution in [0.25, 0.3) is 0 Å². The molecule has 1 aliphatic carbocycles. The van der Waals surface area contributed by atoms with Gasteiger partial charge in [0.1, 0.15) is 18.1 Å². The minimum atomic E-state index is -0.873. The maximum absolute atomic E-state index is 12.6. The summed E-state index contributed by atoms with van der Waals surface area (Å²) in [5, 5.41) is 10.0. The average Bonchev–Trinajstić information content (AvgIpc) is 3.38. The van der Waals surface area contributed by atoms with Crippen molar-refractivity contribution in [2.45, 2.75) is 37.5 Å². The van der Waals surface area contributed by atoms with Crippen LogP contribution in [0.15, 0.2) is 34.9 Å². The van der Waals surface area contributed by atoms with Gasteiger partial charge in [0.15, 0.2) is 6.10 Å². The number of morpholine rings is 1. The molecule has 8 heteroatoms. The molecule has 1 aromatic heterocycles. The summed E-state index contributed by atoms with van der Waals surface area (Å²) in [5.41, 5.74) is 1.30. The molecule has 4 rings (SSSR count). The average molecular weight is 376 g/mol. The van der Waals surface area contributed by atoms with Crippen LogP contribution in [0.5, 0.6) is 0 Å². The van der Waals surface area contributed by atoms with Crippen molar-refractivity contribution in [3.63, 3.8) is 0 Å². The van der Waals surface area contributed by atoms with Crippen molar-refractivity contribution in [2.24, 2.45) is 0 Å². The van der Waals surface area contributed by atoms with Crippen molar-refractivity contribution in [2.75, 3.05) is 6.61 Å². The maximum atomic E-state index is 12.6. The van der Waals surface area contributed by atoms with Gasteiger partial charge >= 0.3 is 0 Å². The van der Waals surface area contributed by atoms with Gasteiger partial charge in [-0.25, -0.2) is 0 Å². The van der Waals surface area contributed by atoms with Crippen LogP contribution < -0.4 is 10.6 Å². The van der Waals surface area contributed by atoms with Gasteiger partial charge in [-0.3, -0.25) is 9.59 Å². The van der Waals surface area contributed by atoms with Gasteiger partial charge in [-0.05, 0) is 24.5 Å². The molecule has 136 valence electrons. The minimum absolute atomic E-state index is 0.172. The molecule has 1 saturated heterocycles. The highest BCUT2D eigenvalue weighted by atomic mass is 35.5. The summed E-state index contributed by atoms with van der Waals surface area (Å²) in [5.74, 6) is 0.702. The molecule has 1 aliphatic heterocycles. The second-order valence-corrected chi connectivity index (χ2v) is 6.92. The highest BCUT2D eigenvalue weighted by Crippen LogP contribution is 2.40. The van der Waals surface area contributed by atoms with E-state index in [2.05, 4.69) is 15.8 Å². The lowest BCUT2D eigenvalue weighted by Crippen LogP contribution is -2.52. The molecule has 0 spiro atoms. The SMILES string of the molecule is O=C1CO[C@H](C(=O)NCc2cc(C3CC3)on2)[C@@H](c2ccccc2Cl)N1. The minimum Gasteiger partial charge on any atom is -0.361 e. The Morgan fingerprint density at radius 2 is 2.15 bits per heavy atom. The quantitative estimate of drug-likeness (QED) is 0.834. The normalized spacial score (nSPS) is 22.7. The number of aromatic nitrogens is 1. The number of hydrogen-bond acceptors (Lipinski definition) is 5. The smallest absolute Gasteiger partial charge is 0.251 e. The molecule has 0 radical (unpaired) electrons. The van der Waals surface area contributed by atoms with Crippen LogP contribution in [-0.4, -0.2) is 29.7 Å². The first-order valence-corrected chi connectivity index (χ1v) is 8.88. The third-order valence-electron chi connectivity index (χ3n) is 4.51. The van der Waals surface area contributed by atoms with Gasteiger partial charge in [-0.1, -0.05) is 35.0 Å². The summed E-state index contributed by atoms with van der Waals surface area (Å²) in [6, 6.07) is 8.28. The van der Waals surface area contributed by atoms with E-state index in [1.807, 2.05) is 6.07 Å². The highest BCUT2D eigenvalue weighted by Gasteiger charge is 2.37. The van der Waals surface area contributed by atoms with Crippen LogP contribution in [0.1, 0.15) is 41.8 Å². The Balaban J connectivity index is 1.45. The number of nitrogens with zero attached hydrogens (tertiary/aromatic N) is 1. The fourth-order valence-corrected chi connectivity index (χ4v) is 3.25. The lowest BCUT2D eigenvalue weighted by Gasteiger charge is -2.32. The van der Waals surface area contributed by atoms with E-state index in [4.69, 9.17) is 20.9 Å². The van der Waals surface area contributed by atoms with Crippen LogP contribution in [0.4, 0.5) is 0 Å². The molecule has 2 atom stereocenters. The van der Waals surface area contributed by atoms with Crippen LogP contribution in [0, 0.1) is 0 Å². The number of carbonyl (C=O) groups excluding carboxylic acids is 2. The molecule has 26 heavy (non-hydrogen) atoms. The Hall–Kier alpha value is -2.38. The van der Waals surface area contributed by atoms with Crippen molar-refractivity contribution in [3.05, 3.63) is 52.4 Å². The van der Waals surface area contributed by atoms with E-state index >= 15 is 0 Å². The molecule has 1 aromatic carbocycles. The zero-order valence-electron chi connectivity index (χ0n) is 13.9. The van der Waals surface area contributed by atoms with Gasteiger partial charge in [0.2, 0.25) is 5.91 Å². The molecular formula is C18H18ClN3O4. The molecule has 7 nitrogen and oxygen atoms in total. The molecular weight excluding hydrogens is 358 g/mol. The first-order chi connectivity index (χ1) is 12.6. The van der Waals surface area contributed by atoms with Gasteiger partial charge in [-0.2, -0.15) is 0 Å². The first-order valence-electron chi connectivity index (χ1n) is 8.50. The fourth-order valence-electron chi connectivity index (χ4n) is 3.00. The van der Waals surface area contributed by atoms with Crippen molar-refractivity contribution < 1.29 is 18.8 Å². The van der Waals surface area contributed by atoms with Gasteiger partial charge in [0, 0.05) is 17.0 Å². The van der Waals surface area contributed by atoms with Gasteiger partial charge in [-0.15, -0.1) is 0 Å². The molecule has 2 fully saturated rings. The molecule has 2 amide bonds. The molecule has 2 aliphatic rings. The number of rotatable bonds is 5.